The van der Waals surface area contributed by atoms with Crippen molar-refractivity contribution in [2.45, 2.75) is 0 Å². The summed E-state index contributed by atoms with van der Waals surface area (Å²) in [6, 6.07) is 21.3. The fraction of sp³-hybridized carbons (Fsp3) is 0.0556. The summed E-state index contributed by atoms with van der Waals surface area (Å²) in [7, 11) is 1.64. The zero-order chi connectivity index (χ0) is 15.9. The molecule has 1 N–H and O–H groups in total. The molecule has 114 valence electrons. The summed E-state index contributed by atoms with van der Waals surface area (Å²) in [5.41, 5.74) is 5.69. The number of ether oxygens (including phenoxy) is 1. The summed E-state index contributed by atoms with van der Waals surface area (Å²) < 4.78 is 5.11. The lowest BCUT2D eigenvalue weighted by Gasteiger charge is -2.02. The first-order valence-electron chi connectivity index (χ1n) is 7.17. The van der Waals surface area contributed by atoms with Gasteiger partial charge in [0.05, 0.1) is 19.0 Å². The van der Waals surface area contributed by atoms with E-state index in [2.05, 4.69) is 20.7 Å². The van der Waals surface area contributed by atoms with Crippen LogP contribution in [0.4, 0.5) is 5.82 Å². The monoisotopic (exact) mass is 304 g/mol. The second-order valence-electron chi connectivity index (χ2n) is 4.81. The summed E-state index contributed by atoms with van der Waals surface area (Å²) in [5.74, 6) is 1.41. The lowest BCUT2D eigenvalue weighted by atomic mass is 10.1. The number of hydrazone groups is 1. The Kier molecular flexibility index (Phi) is 4.59. The van der Waals surface area contributed by atoms with Crippen molar-refractivity contribution in [3.05, 3.63) is 72.3 Å². The molecule has 0 fully saturated rings. The molecule has 0 unspecified atom stereocenters. The summed E-state index contributed by atoms with van der Waals surface area (Å²) in [5, 5.41) is 12.5. The van der Waals surface area contributed by atoms with E-state index >= 15 is 0 Å². The Morgan fingerprint density at radius 1 is 0.913 bits per heavy atom. The second-order valence-corrected chi connectivity index (χ2v) is 4.81. The Labute approximate surface area is 134 Å². The van der Waals surface area contributed by atoms with Gasteiger partial charge in [0.1, 0.15) is 5.75 Å². The molecule has 23 heavy (non-hydrogen) atoms. The maximum atomic E-state index is 5.11. The van der Waals surface area contributed by atoms with Crippen LogP contribution in [-0.4, -0.2) is 23.5 Å². The van der Waals surface area contributed by atoms with Gasteiger partial charge in [-0.2, -0.15) is 5.10 Å². The molecule has 1 aromatic heterocycles. The van der Waals surface area contributed by atoms with E-state index in [0.717, 1.165) is 22.6 Å². The van der Waals surface area contributed by atoms with Gasteiger partial charge in [-0.3, -0.25) is 5.43 Å². The van der Waals surface area contributed by atoms with Crippen molar-refractivity contribution in [3.8, 4) is 17.0 Å². The van der Waals surface area contributed by atoms with Gasteiger partial charge in [-0.1, -0.05) is 30.3 Å². The van der Waals surface area contributed by atoms with Crippen molar-refractivity contribution >= 4 is 12.0 Å². The number of aromatic nitrogens is 2. The molecule has 0 saturated carbocycles. The van der Waals surface area contributed by atoms with E-state index in [4.69, 9.17) is 4.74 Å². The van der Waals surface area contributed by atoms with Crippen LogP contribution in [0.15, 0.2) is 71.8 Å². The van der Waals surface area contributed by atoms with Gasteiger partial charge in [0.15, 0.2) is 5.82 Å². The normalized spacial score (nSPS) is 10.7. The van der Waals surface area contributed by atoms with Crippen molar-refractivity contribution in [2.75, 3.05) is 12.5 Å². The molecular weight excluding hydrogens is 288 g/mol. The minimum absolute atomic E-state index is 0.592. The highest BCUT2D eigenvalue weighted by Crippen LogP contribution is 2.16. The lowest BCUT2D eigenvalue weighted by Crippen LogP contribution is -1.96. The molecule has 0 aliphatic heterocycles. The minimum Gasteiger partial charge on any atom is -0.497 e. The number of nitrogens with one attached hydrogen (secondary N) is 1. The molecule has 0 aliphatic carbocycles. The molecule has 1 heterocycles. The Morgan fingerprint density at radius 3 is 2.35 bits per heavy atom. The Bertz CT molecular complexity index is 768. The maximum absolute atomic E-state index is 5.11. The Morgan fingerprint density at radius 2 is 1.70 bits per heavy atom. The predicted octanol–water partition coefficient (Wildman–Crippen LogP) is 3.60. The zero-order valence-electron chi connectivity index (χ0n) is 12.7. The van der Waals surface area contributed by atoms with Crippen LogP contribution < -0.4 is 10.2 Å². The van der Waals surface area contributed by atoms with Gasteiger partial charge in [-0.15, -0.1) is 10.2 Å². The molecule has 0 bridgehead atoms. The molecule has 5 heteroatoms. The smallest absolute Gasteiger partial charge is 0.168 e. The SMILES string of the molecule is COc1ccc(C=NNc2ccc(-c3ccccc3)nn2)cc1. The molecule has 2 aromatic carbocycles. The van der Waals surface area contributed by atoms with Crippen LogP contribution in [0.2, 0.25) is 0 Å². The van der Waals surface area contributed by atoms with Gasteiger partial charge in [0.25, 0.3) is 0 Å². The average molecular weight is 304 g/mol. The van der Waals surface area contributed by atoms with Crippen LogP contribution in [-0.2, 0) is 0 Å². The zero-order valence-corrected chi connectivity index (χ0v) is 12.7. The number of hydrogen-bond donors (Lipinski definition) is 1. The second kappa shape index (κ2) is 7.17. The highest BCUT2D eigenvalue weighted by atomic mass is 16.5. The third-order valence-electron chi connectivity index (χ3n) is 3.24. The van der Waals surface area contributed by atoms with Gasteiger partial charge in [0.2, 0.25) is 0 Å². The quantitative estimate of drug-likeness (QED) is 0.578. The van der Waals surface area contributed by atoms with Gasteiger partial charge in [-0.25, -0.2) is 0 Å². The van der Waals surface area contributed by atoms with E-state index < -0.39 is 0 Å². The number of methoxy groups -OCH3 is 1. The highest BCUT2D eigenvalue weighted by molar-refractivity contribution is 5.80. The largest absolute Gasteiger partial charge is 0.497 e. The number of hydrogen-bond acceptors (Lipinski definition) is 5. The van der Waals surface area contributed by atoms with Crippen LogP contribution >= 0.6 is 0 Å². The van der Waals surface area contributed by atoms with Crippen LogP contribution in [0.1, 0.15) is 5.56 Å². The fourth-order valence-electron chi connectivity index (χ4n) is 2.02. The van der Waals surface area contributed by atoms with Crippen molar-refractivity contribution in [1.82, 2.24) is 10.2 Å². The summed E-state index contributed by atoms with van der Waals surface area (Å²) in [6.45, 7) is 0. The molecular formula is C18H16N4O. The van der Waals surface area contributed by atoms with E-state index in [-0.39, 0.29) is 0 Å². The van der Waals surface area contributed by atoms with Crippen LogP contribution in [0.3, 0.4) is 0 Å². The molecule has 0 spiro atoms. The van der Waals surface area contributed by atoms with Crippen molar-refractivity contribution in [2.24, 2.45) is 5.10 Å². The standard InChI is InChI=1S/C18H16N4O/c1-23-16-9-7-14(8-10-16)13-19-21-18-12-11-17(20-22-18)15-5-3-2-4-6-15/h2-13H,1H3,(H,21,22). The van der Waals surface area contributed by atoms with Gasteiger partial charge in [-0.05, 0) is 42.0 Å². The number of rotatable bonds is 5. The molecule has 0 atom stereocenters. The molecule has 5 nitrogen and oxygen atoms in total. The minimum atomic E-state index is 0.592. The van der Waals surface area contributed by atoms with Gasteiger partial charge in [0, 0.05) is 5.56 Å². The molecule has 0 aliphatic rings. The van der Waals surface area contributed by atoms with Crippen LogP contribution in [0.25, 0.3) is 11.3 Å². The fourth-order valence-corrected chi connectivity index (χ4v) is 2.02. The molecule has 0 amide bonds. The van der Waals surface area contributed by atoms with Crippen molar-refractivity contribution in [3.63, 3.8) is 0 Å². The molecule has 0 saturated heterocycles. The first kappa shape index (κ1) is 14.7. The topological polar surface area (TPSA) is 59.4 Å². The lowest BCUT2D eigenvalue weighted by molar-refractivity contribution is 0.415. The number of anilines is 1. The van der Waals surface area contributed by atoms with Gasteiger partial charge < -0.3 is 4.74 Å². The molecule has 0 radical (unpaired) electrons. The maximum Gasteiger partial charge on any atom is 0.168 e. The van der Waals surface area contributed by atoms with Crippen molar-refractivity contribution < 1.29 is 4.74 Å². The van der Waals surface area contributed by atoms with E-state index in [9.17, 15) is 0 Å². The van der Waals surface area contributed by atoms with Crippen molar-refractivity contribution in [1.29, 1.82) is 0 Å². The van der Waals surface area contributed by atoms with Gasteiger partial charge >= 0.3 is 0 Å². The summed E-state index contributed by atoms with van der Waals surface area (Å²) in [4.78, 5) is 0. The van der Waals surface area contributed by atoms with Crippen LogP contribution in [0, 0.1) is 0 Å². The van der Waals surface area contributed by atoms with E-state index in [1.807, 2.05) is 66.7 Å². The first-order valence-corrected chi connectivity index (χ1v) is 7.17. The number of benzene rings is 2. The Hall–Kier alpha value is -3.21. The summed E-state index contributed by atoms with van der Waals surface area (Å²) >= 11 is 0. The molecule has 3 rings (SSSR count). The molecule has 3 aromatic rings. The highest BCUT2D eigenvalue weighted by Gasteiger charge is 1.99. The van der Waals surface area contributed by atoms with E-state index in [1.54, 1.807) is 13.3 Å². The Balaban J connectivity index is 1.63. The average Bonchev–Trinajstić information content (AvgIpc) is 2.64. The van der Waals surface area contributed by atoms with E-state index in [0.29, 0.717) is 5.82 Å². The first-order chi connectivity index (χ1) is 11.3. The van der Waals surface area contributed by atoms with Crippen LogP contribution in [0.5, 0.6) is 5.75 Å². The third-order valence-corrected chi connectivity index (χ3v) is 3.24. The third kappa shape index (κ3) is 3.91. The summed E-state index contributed by atoms with van der Waals surface area (Å²) in [6.07, 6.45) is 1.71. The number of nitrogens with zero attached hydrogens (tertiary/aromatic N) is 3. The van der Waals surface area contributed by atoms with E-state index in [1.165, 1.54) is 0 Å². The predicted molar refractivity (Wildman–Crippen MR) is 91.7 cm³/mol.